The number of nitrogens with one attached hydrogen (secondary N) is 1. The van der Waals surface area contributed by atoms with E-state index in [0.29, 0.717) is 28.1 Å². The number of hydrogen-bond acceptors (Lipinski definition) is 6. The molecule has 1 heterocycles. The van der Waals surface area contributed by atoms with E-state index >= 15 is 0 Å². The maximum Gasteiger partial charge on any atom is 0.286 e. The van der Waals surface area contributed by atoms with Gasteiger partial charge in [-0.3, -0.25) is 0 Å². The summed E-state index contributed by atoms with van der Waals surface area (Å²) in [5.74, 6) is 1.12. The maximum atomic E-state index is 11.9. The number of ether oxygens (including phenoxy) is 2. The highest BCUT2D eigenvalue weighted by molar-refractivity contribution is 9.10. The Bertz CT molecular complexity index is 789. The van der Waals surface area contributed by atoms with Crippen LogP contribution < -0.4 is 14.3 Å². The summed E-state index contributed by atoms with van der Waals surface area (Å²) in [6.07, 6.45) is 1.40. The van der Waals surface area contributed by atoms with Crippen molar-refractivity contribution in [2.45, 2.75) is 11.1 Å². The second kappa shape index (κ2) is 7.80. The van der Waals surface area contributed by atoms with E-state index in [4.69, 9.17) is 9.47 Å². The number of nitrogens with zero attached hydrogens (tertiary/aromatic N) is 1. The third kappa shape index (κ3) is 4.46. The highest BCUT2D eigenvalue weighted by Gasteiger charge is 2.14. The van der Waals surface area contributed by atoms with Crippen molar-refractivity contribution in [2.24, 2.45) is 5.10 Å². The van der Waals surface area contributed by atoms with E-state index in [2.05, 4.69) is 25.9 Å². The summed E-state index contributed by atoms with van der Waals surface area (Å²) in [4.78, 5) is 2.17. The van der Waals surface area contributed by atoms with Crippen molar-refractivity contribution in [1.82, 2.24) is 4.83 Å². The summed E-state index contributed by atoms with van der Waals surface area (Å²) in [6, 6.07) is 6.64. The number of thiophene rings is 1. The zero-order chi connectivity index (χ0) is 16.9. The van der Waals surface area contributed by atoms with Crippen molar-refractivity contribution in [3.8, 4) is 11.5 Å². The van der Waals surface area contributed by atoms with Crippen molar-refractivity contribution in [1.29, 1.82) is 0 Å². The molecule has 0 aliphatic carbocycles. The van der Waals surface area contributed by atoms with Crippen molar-refractivity contribution in [3.63, 3.8) is 0 Å². The zero-order valence-corrected chi connectivity index (χ0v) is 15.7. The zero-order valence-electron chi connectivity index (χ0n) is 12.4. The summed E-state index contributed by atoms with van der Waals surface area (Å²) in [5.41, 5.74) is 0.658. The summed E-state index contributed by atoms with van der Waals surface area (Å²) < 4.78 is 35.6. The van der Waals surface area contributed by atoms with Crippen LogP contribution in [0.4, 0.5) is 0 Å². The van der Waals surface area contributed by atoms with E-state index in [1.54, 1.807) is 23.6 Å². The SMILES string of the molecule is CCOc1c(Br)cc(/C=N/NS(=O)(=O)c2cccs2)cc1OC. The van der Waals surface area contributed by atoms with Gasteiger partial charge in [0.2, 0.25) is 0 Å². The van der Waals surface area contributed by atoms with Gasteiger partial charge in [0.15, 0.2) is 11.5 Å². The molecule has 0 amide bonds. The second-order valence-corrected chi connectivity index (χ2v) is 7.94. The predicted molar refractivity (Wildman–Crippen MR) is 94.1 cm³/mol. The van der Waals surface area contributed by atoms with Crippen LogP contribution in [0.3, 0.4) is 0 Å². The Morgan fingerprint density at radius 1 is 1.43 bits per heavy atom. The van der Waals surface area contributed by atoms with Crippen molar-refractivity contribution in [3.05, 3.63) is 39.7 Å². The molecule has 0 aliphatic rings. The van der Waals surface area contributed by atoms with Gasteiger partial charge in [-0.15, -0.1) is 11.3 Å². The number of benzene rings is 1. The molecule has 0 fully saturated rings. The lowest BCUT2D eigenvalue weighted by molar-refractivity contribution is 0.309. The minimum Gasteiger partial charge on any atom is -0.493 e. The third-order valence-corrected chi connectivity index (χ3v) is 5.90. The molecule has 2 aromatic rings. The Morgan fingerprint density at radius 2 is 2.22 bits per heavy atom. The molecule has 0 atom stereocenters. The van der Waals surface area contributed by atoms with Crippen LogP contribution in [-0.2, 0) is 10.0 Å². The summed E-state index contributed by atoms with van der Waals surface area (Å²) in [6.45, 7) is 2.38. The molecule has 1 N–H and O–H groups in total. The quantitative estimate of drug-likeness (QED) is 0.552. The van der Waals surface area contributed by atoms with Crippen LogP contribution in [0.15, 0.2) is 43.4 Å². The summed E-state index contributed by atoms with van der Waals surface area (Å²) in [7, 11) is -2.09. The van der Waals surface area contributed by atoms with Crippen molar-refractivity contribution < 1.29 is 17.9 Å². The van der Waals surface area contributed by atoms with Crippen LogP contribution in [0, 0.1) is 0 Å². The van der Waals surface area contributed by atoms with E-state index in [1.165, 1.54) is 19.4 Å². The number of sulfonamides is 1. The molecule has 9 heteroatoms. The Balaban J connectivity index is 2.18. The molecule has 0 aliphatic heterocycles. The Morgan fingerprint density at radius 3 is 2.83 bits per heavy atom. The van der Waals surface area contributed by atoms with Crippen molar-refractivity contribution >= 4 is 43.5 Å². The van der Waals surface area contributed by atoms with Crippen LogP contribution in [0.1, 0.15) is 12.5 Å². The lowest BCUT2D eigenvalue weighted by Crippen LogP contribution is -2.17. The summed E-state index contributed by atoms with van der Waals surface area (Å²) in [5, 5.41) is 5.48. The first-order chi connectivity index (χ1) is 11.0. The monoisotopic (exact) mass is 418 g/mol. The fraction of sp³-hybridized carbons (Fsp3) is 0.214. The fourth-order valence-electron chi connectivity index (χ4n) is 1.73. The van der Waals surface area contributed by atoms with Crippen LogP contribution in [0.25, 0.3) is 0 Å². The molecule has 1 aromatic carbocycles. The molecule has 124 valence electrons. The molecule has 0 saturated heterocycles. The Hall–Kier alpha value is -1.58. The van der Waals surface area contributed by atoms with Crippen LogP contribution in [0.2, 0.25) is 0 Å². The van der Waals surface area contributed by atoms with Crippen LogP contribution >= 0.6 is 27.3 Å². The standard InChI is InChI=1S/C14H15BrN2O4S2/c1-3-21-14-11(15)7-10(8-12(14)20-2)9-16-17-23(18,19)13-5-4-6-22-13/h4-9,17H,3H2,1-2H3/b16-9+. The van der Waals surface area contributed by atoms with Crippen molar-refractivity contribution in [2.75, 3.05) is 13.7 Å². The van der Waals surface area contributed by atoms with Gasteiger partial charge in [-0.05, 0) is 52.0 Å². The molecule has 0 bridgehead atoms. The minimum atomic E-state index is -3.63. The van der Waals surface area contributed by atoms with Gasteiger partial charge < -0.3 is 9.47 Å². The van der Waals surface area contributed by atoms with Gasteiger partial charge in [0.1, 0.15) is 4.21 Å². The smallest absolute Gasteiger partial charge is 0.286 e. The molecule has 23 heavy (non-hydrogen) atoms. The lowest BCUT2D eigenvalue weighted by atomic mass is 10.2. The first-order valence-electron chi connectivity index (χ1n) is 6.56. The Kier molecular flexibility index (Phi) is 6.03. The first-order valence-corrected chi connectivity index (χ1v) is 9.72. The van der Waals surface area contributed by atoms with Gasteiger partial charge in [-0.1, -0.05) is 6.07 Å². The minimum absolute atomic E-state index is 0.208. The molecular weight excluding hydrogens is 404 g/mol. The molecule has 0 radical (unpaired) electrons. The molecular formula is C14H15BrN2O4S2. The topological polar surface area (TPSA) is 77.0 Å². The first kappa shape index (κ1) is 17.8. The second-order valence-electron chi connectivity index (χ2n) is 4.25. The summed E-state index contributed by atoms with van der Waals surface area (Å²) >= 11 is 4.52. The highest BCUT2D eigenvalue weighted by atomic mass is 79.9. The number of rotatable bonds is 7. The third-order valence-electron chi connectivity index (χ3n) is 2.69. The van der Waals surface area contributed by atoms with Gasteiger partial charge in [0, 0.05) is 0 Å². The largest absolute Gasteiger partial charge is 0.493 e. The van der Waals surface area contributed by atoms with Gasteiger partial charge >= 0.3 is 0 Å². The molecule has 6 nitrogen and oxygen atoms in total. The lowest BCUT2D eigenvalue weighted by Gasteiger charge is -2.11. The Labute approximate surface area is 147 Å². The van der Waals surface area contributed by atoms with Gasteiger partial charge in [-0.2, -0.15) is 18.4 Å². The molecule has 0 saturated carbocycles. The van der Waals surface area contributed by atoms with Crippen LogP contribution in [-0.4, -0.2) is 28.3 Å². The van der Waals surface area contributed by atoms with E-state index < -0.39 is 10.0 Å². The van der Waals surface area contributed by atoms with Gasteiger partial charge in [0.05, 0.1) is 24.4 Å². The van der Waals surface area contributed by atoms with E-state index in [9.17, 15) is 8.42 Å². The van der Waals surface area contributed by atoms with Gasteiger partial charge in [-0.25, -0.2) is 0 Å². The maximum absolute atomic E-state index is 11.9. The normalized spacial score (nSPS) is 11.6. The number of halogens is 1. The average Bonchev–Trinajstić information content (AvgIpc) is 3.04. The molecule has 0 spiro atoms. The molecule has 0 unspecified atom stereocenters. The van der Waals surface area contributed by atoms with E-state index in [1.807, 2.05) is 6.92 Å². The number of methoxy groups -OCH3 is 1. The highest BCUT2D eigenvalue weighted by Crippen LogP contribution is 2.36. The molecule has 2 rings (SSSR count). The molecule has 1 aromatic heterocycles. The van der Waals surface area contributed by atoms with E-state index in [0.717, 1.165) is 11.3 Å². The predicted octanol–water partition coefficient (Wildman–Crippen LogP) is 3.23. The average molecular weight is 419 g/mol. The number of hydrogen-bond donors (Lipinski definition) is 1. The van der Waals surface area contributed by atoms with Crippen LogP contribution in [0.5, 0.6) is 11.5 Å². The van der Waals surface area contributed by atoms with Gasteiger partial charge in [0.25, 0.3) is 10.0 Å². The van der Waals surface area contributed by atoms with E-state index in [-0.39, 0.29) is 4.21 Å². The fourth-order valence-corrected chi connectivity index (χ4v) is 4.08. The number of hydrazone groups is 1.